The lowest BCUT2D eigenvalue weighted by atomic mass is 10.1. The summed E-state index contributed by atoms with van der Waals surface area (Å²) in [6, 6.07) is 9.18. The first-order chi connectivity index (χ1) is 13.0. The van der Waals surface area contributed by atoms with Crippen LogP contribution in [0.2, 0.25) is 0 Å². The molecule has 0 spiro atoms. The third-order valence-electron chi connectivity index (χ3n) is 5.58. The zero-order valence-corrected chi connectivity index (χ0v) is 15.9. The average Bonchev–Trinajstić information content (AvgIpc) is 3.35. The lowest BCUT2D eigenvalue weighted by Gasteiger charge is -2.26. The van der Waals surface area contributed by atoms with Crippen molar-refractivity contribution in [1.29, 1.82) is 0 Å². The SMILES string of the molecule is CN(C1=NS(=O)(=O)c2ccccc21)C1CCN(c2ccnc(C3CC3)n2)C1. The molecular weight excluding hydrogens is 362 g/mol. The molecule has 2 fully saturated rings. The summed E-state index contributed by atoms with van der Waals surface area (Å²) >= 11 is 0. The number of fused-ring (bicyclic) bond motifs is 1. The van der Waals surface area contributed by atoms with E-state index in [1.54, 1.807) is 12.1 Å². The smallest absolute Gasteiger partial charge is 0.285 e. The van der Waals surface area contributed by atoms with Crippen molar-refractivity contribution >= 4 is 21.7 Å². The number of rotatable bonds is 3. The van der Waals surface area contributed by atoms with Gasteiger partial charge in [-0.3, -0.25) is 0 Å². The summed E-state index contributed by atoms with van der Waals surface area (Å²) in [4.78, 5) is 13.7. The van der Waals surface area contributed by atoms with Gasteiger partial charge in [0, 0.05) is 43.9 Å². The Morgan fingerprint density at radius 2 is 1.96 bits per heavy atom. The summed E-state index contributed by atoms with van der Waals surface area (Å²) in [5, 5.41) is 0. The Balaban J connectivity index is 1.37. The molecule has 8 heteroatoms. The summed E-state index contributed by atoms with van der Waals surface area (Å²) in [7, 11) is -1.66. The number of anilines is 1. The van der Waals surface area contributed by atoms with E-state index in [4.69, 9.17) is 4.98 Å². The molecule has 1 saturated carbocycles. The monoisotopic (exact) mass is 383 g/mol. The maximum absolute atomic E-state index is 12.3. The Bertz CT molecular complexity index is 1030. The van der Waals surface area contributed by atoms with E-state index in [9.17, 15) is 8.42 Å². The Morgan fingerprint density at radius 1 is 1.15 bits per heavy atom. The summed E-state index contributed by atoms with van der Waals surface area (Å²) in [5.74, 6) is 2.98. The van der Waals surface area contributed by atoms with Gasteiger partial charge in [-0.15, -0.1) is 4.40 Å². The number of aromatic nitrogens is 2. The number of benzene rings is 1. The van der Waals surface area contributed by atoms with Gasteiger partial charge in [-0.25, -0.2) is 9.97 Å². The van der Waals surface area contributed by atoms with Crippen LogP contribution in [0.15, 0.2) is 45.8 Å². The van der Waals surface area contributed by atoms with Gasteiger partial charge in [0.25, 0.3) is 10.0 Å². The van der Waals surface area contributed by atoms with Gasteiger partial charge in [0.2, 0.25) is 0 Å². The summed E-state index contributed by atoms with van der Waals surface area (Å²) in [6.07, 6.45) is 5.14. The number of sulfonamides is 1. The standard InChI is InChI=1S/C19H21N5O2S/c1-23(19-15-4-2-3-5-16(15)27(25,26)22-19)14-9-11-24(12-14)17-8-10-20-18(21-17)13-6-7-13/h2-5,8,10,13-14H,6-7,9,11-12H2,1H3. The maximum Gasteiger partial charge on any atom is 0.285 e. The molecule has 0 N–H and O–H groups in total. The largest absolute Gasteiger partial charge is 0.354 e. The fourth-order valence-electron chi connectivity index (χ4n) is 3.86. The van der Waals surface area contributed by atoms with Gasteiger partial charge in [0.15, 0.2) is 5.84 Å². The predicted molar refractivity (Wildman–Crippen MR) is 103 cm³/mol. The molecule has 2 aliphatic heterocycles. The molecule has 5 rings (SSSR count). The third-order valence-corrected chi connectivity index (χ3v) is 6.91. The van der Waals surface area contributed by atoms with E-state index in [1.165, 1.54) is 12.8 Å². The first-order valence-corrected chi connectivity index (χ1v) is 10.7. The minimum absolute atomic E-state index is 0.185. The van der Waals surface area contributed by atoms with Crippen LogP contribution in [0.5, 0.6) is 0 Å². The summed E-state index contributed by atoms with van der Waals surface area (Å²) in [5.41, 5.74) is 0.691. The zero-order chi connectivity index (χ0) is 18.6. The Labute approximate surface area is 158 Å². The molecule has 3 aliphatic rings. The average molecular weight is 383 g/mol. The molecular formula is C19H21N5O2S. The summed E-state index contributed by atoms with van der Waals surface area (Å²) < 4.78 is 28.7. The highest BCUT2D eigenvalue weighted by Gasteiger charge is 2.35. The van der Waals surface area contributed by atoms with Crippen LogP contribution in [0.3, 0.4) is 0 Å². The van der Waals surface area contributed by atoms with Crippen molar-refractivity contribution < 1.29 is 8.42 Å². The van der Waals surface area contributed by atoms with Crippen molar-refractivity contribution in [1.82, 2.24) is 14.9 Å². The van der Waals surface area contributed by atoms with E-state index in [1.807, 2.05) is 36.3 Å². The number of likely N-dealkylation sites (N-methyl/N-ethyl adjacent to an activating group) is 1. The molecule has 1 saturated heterocycles. The number of nitrogens with zero attached hydrogens (tertiary/aromatic N) is 5. The molecule has 1 aromatic heterocycles. The molecule has 0 bridgehead atoms. The fourth-order valence-corrected chi connectivity index (χ4v) is 5.10. The van der Waals surface area contributed by atoms with Crippen LogP contribution in [0.1, 0.15) is 36.6 Å². The fraction of sp³-hybridized carbons (Fsp3) is 0.421. The van der Waals surface area contributed by atoms with Crippen molar-refractivity contribution in [3.8, 4) is 0 Å². The molecule has 0 radical (unpaired) electrons. The molecule has 1 atom stereocenters. The van der Waals surface area contributed by atoms with Gasteiger partial charge < -0.3 is 9.80 Å². The first kappa shape index (κ1) is 16.7. The first-order valence-electron chi connectivity index (χ1n) is 9.28. The molecule has 1 unspecified atom stereocenters. The molecule has 7 nitrogen and oxygen atoms in total. The van der Waals surface area contributed by atoms with Crippen LogP contribution in [0.25, 0.3) is 0 Å². The van der Waals surface area contributed by atoms with E-state index in [0.717, 1.165) is 31.2 Å². The molecule has 2 aromatic rings. The van der Waals surface area contributed by atoms with Crippen molar-refractivity contribution in [3.63, 3.8) is 0 Å². The van der Waals surface area contributed by atoms with Crippen molar-refractivity contribution in [2.45, 2.75) is 36.1 Å². The minimum atomic E-state index is -3.59. The van der Waals surface area contributed by atoms with Crippen molar-refractivity contribution in [3.05, 3.63) is 47.9 Å². The quantitative estimate of drug-likeness (QED) is 0.807. The molecule has 3 heterocycles. The van der Waals surface area contributed by atoms with E-state index in [2.05, 4.69) is 14.3 Å². The topological polar surface area (TPSA) is 78.8 Å². The van der Waals surface area contributed by atoms with E-state index >= 15 is 0 Å². The maximum atomic E-state index is 12.3. The molecule has 27 heavy (non-hydrogen) atoms. The van der Waals surface area contributed by atoms with Crippen molar-refractivity contribution in [2.75, 3.05) is 25.0 Å². The second kappa shape index (κ2) is 6.02. The van der Waals surface area contributed by atoms with Gasteiger partial charge in [-0.05, 0) is 37.5 Å². The minimum Gasteiger partial charge on any atom is -0.354 e. The molecule has 0 amide bonds. The highest BCUT2D eigenvalue weighted by atomic mass is 32.2. The molecule has 140 valence electrons. The lowest BCUT2D eigenvalue weighted by molar-refractivity contribution is 0.393. The Kier molecular flexibility index (Phi) is 3.72. The second-order valence-corrected chi connectivity index (χ2v) is 9.01. The normalized spacial score (nSPS) is 23.2. The summed E-state index contributed by atoms with van der Waals surface area (Å²) in [6.45, 7) is 1.68. The number of amidine groups is 1. The van der Waals surface area contributed by atoms with Crippen LogP contribution >= 0.6 is 0 Å². The van der Waals surface area contributed by atoms with E-state index < -0.39 is 10.0 Å². The van der Waals surface area contributed by atoms with Gasteiger partial charge in [-0.2, -0.15) is 8.42 Å². The Morgan fingerprint density at radius 3 is 2.78 bits per heavy atom. The van der Waals surface area contributed by atoms with Crippen molar-refractivity contribution in [2.24, 2.45) is 4.40 Å². The van der Waals surface area contributed by atoms with Crippen LogP contribution in [-0.2, 0) is 10.0 Å². The Hall–Kier alpha value is -2.48. The van der Waals surface area contributed by atoms with Crippen LogP contribution < -0.4 is 4.90 Å². The zero-order valence-electron chi connectivity index (χ0n) is 15.1. The third kappa shape index (κ3) is 2.88. The molecule has 1 aliphatic carbocycles. The van der Waals surface area contributed by atoms with Gasteiger partial charge in [0.05, 0.1) is 0 Å². The van der Waals surface area contributed by atoms with Crippen LogP contribution in [-0.4, -0.2) is 55.3 Å². The number of hydrogen-bond donors (Lipinski definition) is 0. The van der Waals surface area contributed by atoms with Gasteiger partial charge >= 0.3 is 0 Å². The molecule has 1 aromatic carbocycles. The van der Waals surface area contributed by atoms with Gasteiger partial charge in [0.1, 0.15) is 16.5 Å². The van der Waals surface area contributed by atoms with E-state index in [0.29, 0.717) is 22.2 Å². The second-order valence-electron chi connectivity index (χ2n) is 7.43. The van der Waals surface area contributed by atoms with Crippen LogP contribution in [0.4, 0.5) is 5.82 Å². The van der Waals surface area contributed by atoms with Gasteiger partial charge in [-0.1, -0.05) is 12.1 Å². The number of hydrogen-bond acceptors (Lipinski definition) is 6. The highest BCUT2D eigenvalue weighted by molar-refractivity contribution is 7.90. The highest BCUT2D eigenvalue weighted by Crippen LogP contribution is 2.38. The lowest BCUT2D eigenvalue weighted by Crippen LogP contribution is -2.39. The predicted octanol–water partition coefficient (Wildman–Crippen LogP) is 2.01. The van der Waals surface area contributed by atoms with Crippen LogP contribution in [0, 0.1) is 0 Å². The van der Waals surface area contributed by atoms with E-state index in [-0.39, 0.29) is 6.04 Å².